The molecule has 0 aromatic heterocycles. The first-order valence-electron chi connectivity index (χ1n) is 5.23. The normalized spacial score (nSPS) is 9.88. The van der Waals surface area contributed by atoms with Gasteiger partial charge in [-0.1, -0.05) is 6.07 Å². The van der Waals surface area contributed by atoms with Crippen LogP contribution < -0.4 is 14.8 Å². The molecule has 0 unspecified atom stereocenters. The lowest BCUT2D eigenvalue weighted by Crippen LogP contribution is -2.16. The van der Waals surface area contributed by atoms with Crippen molar-refractivity contribution in [2.45, 2.75) is 6.54 Å². The summed E-state index contributed by atoms with van der Waals surface area (Å²) in [4.78, 5) is 0. The van der Waals surface area contributed by atoms with Crippen molar-refractivity contribution in [2.24, 2.45) is 0 Å². The molecule has 0 saturated heterocycles. The Bertz CT molecular complexity index is 366. The molecular weight excluding hydrogens is 201 g/mol. The number of benzene rings is 1. The lowest BCUT2D eigenvalue weighted by Gasteiger charge is -2.11. The van der Waals surface area contributed by atoms with Crippen LogP contribution in [0.4, 0.5) is 0 Å². The van der Waals surface area contributed by atoms with E-state index in [-0.39, 0.29) is 0 Å². The van der Waals surface area contributed by atoms with Gasteiger partial charge in [-0.15, -0.1) is 12.1 Å². The number of methoxy groups -OCH3 is 2. The van der Waals surface area contributed by atoms with Gasteiger partial charge in [-0.3, -0.25) is 0 Å². The number of rotatable bonds is 6. The second kappa shape index (κ2) is 6.23. The fraction of sp³-hybridized carbons (Fsp3) is 0.333. The van der Waals surface area contributed by atoms with Gasteiger partial charge in [0, 0.05) is 24.7 Å². The van der Waals surface area contributed by atoms with E-state index in [2.05, 4.69) is 11.9 Å². The van der Waals surface area contributed by atoms with Gasteiger partial charge in [-0.25, -0.2) is 0 Å². The first-order valence-corrected chi connectivity index (χ1v) is 5.23. The highest BCUT2D eigenvalue weighted by atomic mass is 16.5. The van der Waals surface area contributed by atoms with Gasteiger partial charge in [-0.2, -0.15) is 0 Å². The summed E-state index contributed by atoms with van der Waals surface area (Å²) < 4.78 is 10.4. The quantitative estimate of drug-likeness (QED) is 0.722. The number of hydrogen-bond acceptors (Lipinski definition) is 3. The maximum atomic E-state index is 5.30. The molecule has 0 aliphatic heterocycles. The summed E-state index contributed by atoms with van der Waals surface area (Å²) in [6.45, 7) is 5.42. The fourth-order valence-electron chi connectivity index (χ4n) is 1.41. The lowest BCUT2D eigenvalue weighted by molar-refractivity contribution is 0.390. The van der Waals surface area contributed by atoms with Gasteiger partial charge in [0.25, 0.3) is 0 Å². The minimum Gasteiger partial charge on any atom is -0.497 e. The monoisotopic (exact) mass is 219 g/mol. The third-order valence-corrected chi connectivity index (χ3v) is 2.24. The van der Waals surface area contributed by atoms with E-state index in [1.165, 1.54) is 0 Å². The van der Waals surface area contributed by atoms with Crippen LogP contribution in [0.15, 0.2) is 30.3 Å². The van der Waals surface area contributed by atoms with Crippen molar-refractivity contribution < 1.29 is 9.47 Å². The van der Waals surface area contributed by atoms with Gasteiger partial charge >= 0.3 is 0 Å². The van der Waals surface area contributed by atoms with Gasteiger partial charge in [0.1, 0.15) is 19.3 Å². The highest BCUT2D eigenvalue weighted by Crippen LogP contribution is 2.24. The SMILES string of the molecule is BC(=C)CNCc1ccc(OC)cc1OC. The third kappa shape index (κ3) is 3.63. The van der Waals surface area contributed by atoms with E-state index in [1.54, 1.807) is 14.2 Å². The van der Waals surface area contributed by atoms with Crippen LogP contribution in [0.1, 0.15) is 5.56 Å². The molecule has 0 saturated carbocycles. The van der Waals surface area contributed by atoms with Crippen molar-refractivity contribution in [1.82, 2.24) is 5.32 Å². The molecule has 16 heavy (non-hydrogen) atoms. The standard InChI is InChI=1S/C12H18BNO2/c1-9(13)7-14-8-10-4-5-11(15-2)6-12(10)16-3/h4-6,14H,1,7-8,13H2,2-3H3. The maximum absolute atomic E-state index is 5.30. The smallest absolute Gasteiger partial charge is 0.134 e. The molecule has 0 radical (unpaired) electrons. The van der Waals surface area contributed by atoms with Gasteiger partial charge in [-0.05, 0) is 6.07 Å². The lowest BCUT2D eigenvalue weighted by atomic mass is 9.98. The predicted octanol–water partition coefficient (Wildman–Crippen LogP) is 0.940. The maximum Gasteiger partial charge on any atom is 0.134 e. The van der Waals surface area contributed by atoms with Gasteiger partial charge in [0.05, 0.1) is 14.2 Å². The molecule has 0 fully saturated rings. The first-order chi connectivity index (χ1) is 7.67. The van der Waals surface area contributed by atoms with Crippen LogP contribution in [0.2, 0.25) is 0 Å². The van der Waals surface area contributed by atoms with Crippen molar-refractivity contribution in [3.8, 4) is 11.5 Å². The second-order valence-corrected chi connectivity index (χ2v) is 3.74. The largest absolute Gasteiger partial charge is 0.497 e. The Morgan fingerprint density at radius 1 is 1.38 bits per heavy atom. The highest BCUT2D eigenvalue weighted by molar-refractivity contribution is 6.21. The van der Waals surface area contributed by atoms with Gasteiger partial charge in [0.2, 0.25) is 0 Å². The Labute approximate surface area is 97.9 Å². The van der Waals surface area contributed by atoms with Crippen LogP contribution in [-0.2, 0) is 6.54 Å². The summed E-state index contributed by atoms with van der Waals surface area (Å²) in [6, 6.07) is 5.82. The highest BCUT2D eigenvalue weighted by Gasteiger charge is 2.04. The van der Waals surface area contributed by atoms with E-state index >= 15 is 0 Å². The molecule has 0 aliphatic rings. The minimum atomic E-state index is 0.764. The molecule has 1 rings (SSSR count). The average Bonchev–Trinajstić information content (AvgIpc) is 2.29. The van der Waals surface area contributed by atoms with Crippen molar-refractivity contribution >= 4 is 7.85 Å². The summed E-state index contributed by atoms with van der Waals surface area (Å²) in [7, 11) is 5.31. The second-order valence-electron chi connectivity index (χ2n) is 3.74. The molecule has 0 aliphatic carbocycles. The topological polar surface area (TPSA) is 30.5 Å². The van der Waals surface area contributed by atoms with E-state index in [1.807, 2.05) is 26.0 Å². The van der Waals surface area contributed by atoms with Crippen molar-refractivity contribution in [3.63, 3.8) is 0 Å². The predicted molar refractivity (Wildman–Crippen MR) is 68.9 cm³/mol. The average molecular weight is 219 g/mol. The molecule has 0 amide bonds. The molecule has 0 spiro atoms. The van der Waals surface area contributed by atoms with E-state index in [0.29, 0.717) is 0 Å². The molecule has 3 nitrogen and oxygen atoms in total. The molecule has 86 valence electrons. The molecule has 0 bridgehead atoms. The Kier molecular flexibility index (Phi) is 4.93. The first kappa shape index (κ1) is 12.7. The molecule has 1 N–H and O–H groups in total. The van der Waals surface area contributed by atoms with Crippen LogP contribution >= 0.6 is 0 Å². The number of nitrogens with one attached hydrogen (secondary N) is 1. The van der Waals surface area contributed by atoms with Crippen molar-refractivity contribution in [2.75, 3.05) is 20.8 Å². The Hall–Kier alpha value is -1.42. The van der Waals surface area contributed by atoms with E-state index < -0.39 is 0 Å². The van der Waals surface area contributed by atoms with Crippen LogP contribution in [0.3, 0.4) is 0 Å². The van der Waals surface area contributed by atoms with E-state index in [9.17, 15) is 0 Å². The summed E-state index contributed by atoms with van der Waals surface area (Å²) in [5.41, 5.74) is 2.23. The van der Waals surface area contributed by atoms with Gasteiger partial charge in [0.15, 0.2) is 0 Å². The number of hydrogen-bond donors (Lipinski definition) is 1. The van der Waals surface area contributed by atoms with E-state index in [0.717, 1.165) is 35.6 Å². The molecular formula is C12H18BNO2. The van der Waals surface area contributed by atoms with Crippen LogP contribution in [0.25, 0.3) is 0 Å². The van der Waals surface area contributed by atoms with Crippen LogP contribution in [0.5, 0.6) is 11.5 Å². The third-order valence-electron chi connectivity index (χ3n) is 2.24. The Balaban J connectivity index is 2.68. The Morgan fingerprint density at radius 2 is 2.12 bits per heavy atom. The summed E-state index contributed by atoms with van der Waals surface area (Å²) in [6.07, 6.45) is 0. The minimum absolute atomic E-state index is 0.764. The zero-order valence-electron chi connectivity index (χ0n) is 10.2. The van der Waals surface area contributed by atoms with Crippen LogP contribution in [0, 0.1) is 0 Å². The summed E-state index contributed by atoms with van der Waals surface area (Å²) in [5, 5.41) is 3.29. The zero-order chi connectivity index (χ0) is 12.0. The fourth-order valence-corrected chi connectivity index (χ4v) is 1.41. The molecule has 0 heterocycles. The molecule has 1 aromatic rings. The zero-order valence-corrected chi connectivity index (χ0v) is 10.2. The molecule has 4 heteroatoms. The Morgan fingerprint density at radius 3 is 2.69 bits per heavy atom. The van der Waals surface area contributed by atoms with Gasteiger partial charge < -0.3 is 14.8 Å². The van der Waals surface area contributed by atoms with Crippen molar-refractivity contribution in [1.29, 1.82) is 0 Å². The van der Waals surface area contributed by atoms with E-state index in [4.69, 9.17) is 9.47 Å². The molecule has 0 atom stereocenters. The van der Waals surface area contributed by atoms with Crippen LogP contribution in [-0.4, -0.2) is 28.6 Å². The molecule has 1 aromatic carbocycles. The number of ether oxygens (including phenoxy) is 2. The van der Waals surface area contributed by atoms with Crippen molar-refractivity contribution in [3.05, 3.63) is 35.8 Å². The summed E-state index contributed by atoms with van der Waals surface area (Å²) in [5.74, 6) is 1.65. The summed E-state index contributed by atoms with van der Waals surface area (Å²) >= 11 is 0.